The van der Waals surface area contributed by atoms with E-state index in [2.05, 4.69) is 9.97 Å². The summed E-state index contributed by atoms with van der Waals surface area (Å²) in [5.41, 5.74) is 0.312. The third-order valence-corrected chi connectivity index (χ3v) is 4.10. The second-order valence-electron chi connectivity index (χ2n) is 5.59. The Hall–Kier alpha value is -2.02. The molecule has 23 heavy (non-hydrogen) atoms. The number of carbonyl (C=O) groups is 2. The molecule has 0 radical (unpaired) electrons. The van der Waals surface area contributed by atoms with Crippen LogP contribution < -0.4 is 0 Å². The van der Waals surface area contributed by atoms with E-state index in [1.165, 1.54) is 18.6 Å². The minimum absolute atomic E-state index is 0.0435. The third-order valence-electron chi connectivity index (χ3n) is 4.10. The van der Waals surface area contributed by atoms with E-state index in [1.807, 2.05) is 13.8 Å². The fourth-order valence-electron chi connectivity index (χ4n) is 2.49. The Labute approximate surface area is 136 Å². The van der Waals surface area contributed by atoms with Gasteiger partial charge in [0.25, 0.3) is 5.91 Å². The highest BCUT2D eigenvalue weighted by molar-refractivity contribution is 5.92. The van der Waals surface area contributed by atoms with Gasteiger partial charge in [0.15, 0.2) is 0 Å². The Morgan fingerprint density at radius 1 is 1.35 bits per heavy atom. The van der Waals surface area contributed by atoms with Crippen LogP contribution in [0.15, 0.2) is 18.6 Å². The summed E-state index contributed by atoms with van der Waals surface area (Å²) in [7, 11) is 0. The second kappa shape index (κ2) is 8.57. The van der Waals surface area contributed by atoms with E-state index in [9.17, 15) is 9.59 Å². The summed E-state index contributed by atoms with van der Waals surface area (Å²) in [5, 5.41) is 0. The number of ether oxygens (including phenoxy) is 1. The Kier molecular flexibility index (Phi) is 6.46. The number of morpholine rings is 1. The third kappa shape index (κ3) is 4.72. The van der Waals surface area contributed by atoms with Gasteiger partial charge >= 0.3 is 0 Å². The molecule has 126 valence electrons. The highest BCUT2D eigenvalue weighted by Crippen LogP contribution is 2.11. The van der Waals surface area contributed by atoms with E-state index in [1.54, 1.807) is 9.80 Å². The highest BCUT2D eigenvalue weighted by Gasteiger charge is 2.24. The molecule has 0 bridgehead atoms. The van der Waals surface area contributed by atoms with Crippen molar-refractivity contribution in [2.75, 3.05) is 32.8 Å². The molecular weight excluding hydrogens is 296 g/mol. The summed E-state index contributed by atoms with van der Waals surface area (Å²) in [6.07, 6.45) is 5.63. The van der Waals surface area contributed by atoms with Crippen molar-refractivity contribution in [2.45, 2.75) is 32.7 Å². The topological polar surface area (TPSA) is 75.6 Å². The Bertz CT molecular complexity index is 517. The SMILES string of the molecule is CCC(C)N(CCC(=O)N1CCOCC1)C(=O)c1cnccn1. The summed E-state index contributed by atoms with van der Waals surface area (Å²) >= 11 is 0. The molecule has 7 heteroatoms. The summed E-state index contributed by atoms with van der Waals surface area (Å²) < 4.78 is 5.25. The normalized spacial score (nSPS) is 16.0. The van der Waals surface area contributed by atoms with E-state index >= 15 is 0 Å². The van der Waals surface area contributed by atoms with E-state index in [0.29, 0.717) is 45.0 Å². The van der Waals surface area contributed by atoms with Gasteiger partial charge in [-0.25, -0.2) is 4.98 Å². The van der Waals surface area contributed by atoms with Gasteiger partial charge in [0.1, 0.15) is 5.69 Å². The first-order valence-corrected chi connectivity index (χ1v) is 8.06. The molecule has 1 aliphatic heterocycles. The van der Waals surface area contributed by atoms with E-state index < -0.39 is 0 Å². The van der Waals surface area contributed by atoms with Gasteiger partial charge in [0.05, 0.1) is 19.4 Å². The van der Waals surface area contributed by atoms with Gasteiger partial charge in [-0.15, -0.1) is 0 Å². The number of hydrogen-bond donors (Lipinski definition) is 0. The molecule has 7 nitrogen and oxygen atoms in total. The van der Waals surface area contributed by atoms with Gasteiger partial charge in [0, 0.05) is 44.5 Å². The first-order chi connectivity index (χ1) is 11.1. The number of amides is 2. The fourth-order valence-corrected chi connectivity index (χ4v) is 2.49. The molecule has 2 amide bonds. The lowest BCUT2D eigenvalue weighted by atomic mass is 10.2. The van der Waals surface area contributed by atoms with Crippen LogP contribution in [0.1, 0.15) is 37.2 Å². The van der Waals surface area contributed by atoms with Crippen LogP contribution in [-0.4, -0.2) is 70.5 Å². The predicted octanol–water partition coefficient (Wildman–Crippen LogP) is 0.966. The van der Waals surface area contributed by atoms with Gasteiger partial charge in [-0.3, -0.25) is 14.6 Å². The Morgan fingerprint density at radius 3 is 2.70 bits per heavy atom. The van der Waals surface area contributed by atoms with Crippen LogP contribution in [-0.2, 0) is 9.53 Å². The zero-order chi connectivity index (χ0) is 16.7. The van der Waals surface area contributed by atoms with Gasteiger partial charge in [0.2, 0.25) is 5.91 Å². The van der Waals surface area contributed by atoms with Crippen molar-refractivity contribution in [3.8, 4) is 0 Å². The standard InChI is InChI=1S/C16H24N4O3/c1-3-13(2)20(16(22)14-12-17-5-6-18-14)7-4-15(21)19-8-10-23-11-9-19/h5-6,12-13H,3-4,7-11H2,1-2H3. The minimum atomic E-state index is -0.178. The molecule has 0 aromatic carbocycles. The Morgan fingerprint density at radius 2 is 2.09 bits per heavy atom. The number of nitrogens with zero attached hydrogens (tertiary/aromatic N) is 4. The molecular formula is C16H24N4O3. The molecule has 1 aromatic heterocycles. The summed E-state index contributed by atoms with van der Waals surface area (Å²) in [5.74, 6) is -0.115. The van der Waals surface area contributed by atoms with Crippen molar-refractivity contribution < 1.29 is 14.3 Å². The second-order valence-corrected chi connectivity index (χ2v) is 5.59. The van der Waals surface area contributed by atoms with Crippen molar-refractivity contribution >= 4 is 11.8 Å². The van der Waals surface area contributed by atoms with Gasteiger partial charge in [-0.1, -0.05) is 6.92 Å². The minimum Gasteiger partial charge on any atom is -0.378 e. The molecule has 1 aliphatic rings. The average Bonchev–Trinajstić information content (AvgIpc) is 2.62. The molecule has 0 saturated carbocycles. The number of rotatable bonds is 6. The van der Waals surface area contributed by atoms with Crippen LogP contribution in [0.3, 0.4) is 0 Å². The molecule has 0 N–H and O–H groups in total. The van der Waals surface area contributed by atoms with Gasteiger partial charge < -0.3 is 14.5 Å². The van der Waals surface area contributed by atoms with Crippen LogP contribution in [0, 0.1) is 0 Å². The zero-order valence-electron chi connectivity index (χ0n) is 13.8. The molecule has 1 fully saturated rings. The maximum atomic E-state index is 12.6. The molecule has 1 atom stereocenters. The first kappa shape index (κ1) is 17.3. The van der Waals surface area contributed by atoms with Crippen LogP contribution in [0.2, 0.25) is 0 Å². The molecule has 1 unspecified atom stereocenters. The maximum absolute atomic E-state index is 12.6. The lowest BCUT2D eigenvalue weighted by molar-refractivity contribution is -0.135. The van der Waals surface area contributed by atoms with Crippen molar-refractivity contribution in [3.05, 3.63) is 24.3 Å². The van der Waals surface area contributed by atoms with Crippen molar-refractivity contribution in [3.63, 3.8) is 0 Å². The van der Waals surface area contributed by atoms with Crippen LogP contribution in [0.5, 0.6) is 0 Å². The predicted molar refractivity (Wildman–Crippen MR) is 84.8 cm³/mol. The van der Waals surface area contributed by atoms with E-state index in [-0.39, 0.29) is 17.9 Å². The first-order valence-electron chi connectivity index (χ1n) is 8.06. The number of aromatic nitrogens is 2. The smallest absolute Gasteiger partial charge is 0.274 e. The zero-order valence-corrected chi connectivity index (χ0v) is 13.8. The summed E-state index contributed by atoms with van der Waals surface area (Å²) in [6.45, 7) is 6.80. The lowest BCUT2D eigenvalue weighted by Gasteiger charge is -2.30. The van der Waals surface area contributed by atoms with Gasteiger partial charge in [-0.2, -0.15) is 0 Å². The van der Waals surface area contributed by atoms with Crippen LogP contribution in [0.25, 0.3) is 0 Å². The van der Waals surface area contributed by atoms with Crippen LogP contribution in [0.4, 0.5) is 0 Å². The lowest BCUT2D eigenvalue weighted by Crippen LogP contribution is -2.44. The molecule has 1 aromatic rings. The molecule has 0 spiro atoms. The van der Waals surface area contributed by atoms with Gasteiger partial charge in [-0.05, 0) is 13.3 Å². The van der Waals surface area contributed by atoms with E-state index in [4.69, 9.17) is 4.74 Å². The fraction of sp³-hybridized carbons (Fsp3) is 0.625. The maximum Gasteiger partial charge on any atom is 0.274 e. The van der Waals surface area contributed by atoms with Crippen molar-refractivity contribution in [1.29, 1.82) is 0 Å². The Balaban J connectivity index is 1.98. The summed E-state index contributed by atoms with van der Waals surface area (Å²) in [4.78, 5) is 36.4. The van der Waals surface area contributed by atoms with Crippen molar-refractivity contribution in [2.24, 2.45) is 0 Å². The molecule has 2 heterocycles. The number of hydrogen-bond acceptors (Lipinski definition) is 5. The van der Waals surface area contributed by atoms with E-state index in [0.717, 1.165) is 6.42 Å². The largest absolute Gasteiger partial charge is 0.378 e. The van der Waals surface area contributed by atoms with Crippen molar-refractivity contribution in [1.82, 2.24) is 19.8 Å². The average molecular weight is 320 g/mol. The molecule has 1 saturated heterocycles. The summed E-state index contributed by atoms with van der Waals surface area (Å²) in [6, 6.07) is 0.0435. The highest BCUT2D eigenvalue weighted by atomic mass is 16.5. The monoisotopic (exact) mass is 320 g/mol. The van der Waals surface area contributed by atoms with Crippen LogP contribution >= 0.6 is 0 Å². The molecule has 2 rings (SSSR count). The number of carbonyl (C=O) groups excluding carboxylic acids is 2. The quantitative estimate of drug-likeness (QED) is 0.780. The molecule has 0 aliphatic carbocycles.